The predicted molar refractivity (Wildman–Crippen MR) is 100.0 cm³/mol. The van der Waals surface area contributed by atoms with Crippen molar-refractivity contribution in [3.8, 4) is 0 Å². The molecule has 6 heteroatoms. The number of methoxy groups -OCH3 is 1. The molecule has 0 atom stereocenters. The number of halogens is 1. The molecule has 0 aliphatic carbocycles. The summed E-state index contributed by atoms with van der Waals surface area (Å²) in [6.45, 7) is 2.73. The van der Waals surface area contributed by atoms with Gasteiger partial charge in [-0.3, -0.25) is 4.79 Å². The van der Waals surface area contributed by atoms with Crippen molar-refractivity contribution in [1.29, 1.82) is 0 Å². The summed E-state index contributed by atoms with van der Waals surface area (Å²) in [5.74, 6) is -1.26. The molecule has 0 fully saturated rings. The molecule has 2 aromatic rings. The van der Waals surface area contributed by atoms with Crippen molar-refractivity contribution < 1.29 is 19.4 Å². The monoisotopic (exact) mass is 405 g/mol. The van der Waals surface area contributed by atoms with Crippen molar-refractivity contribution in [2.75, 3.05) is 18.6 Å². The van der Waals surface area contributed by atoms with E-state index in [1.165, 1.54) is 7.11 Å². The lowest BCUT2D eigenvalue weighted by Crippen LogP contribution is -2.26. The molecule has 25 heavy (non-hydrogen) atoms. The first-order valence-corrected chi connectivity index (χ1v) is 8.60. The van der Waals surface area contributed by atoms with Gasteiger partial charge in [0.25, 0.3) is 0 Å². The van der Waals surface area contributed by atoms with Gasteiger partial charge in [-0.05, 0) is 42.3 Å². The van der Waals surface area contributed by atoms with Gasteiger partial charge in [0.15, 0.2) is 0 Å². The number of carboxylic acids is 1. The van der Waals surface area contributed by atoms with E-state index in [1.807, 2.05) is 42.2 Å². The van der Waals surface area contributed by atoms with E-state index in [0.717, 1.165) is 21.3 Å². The Hall–Kier alpha value is -2.34. The third-order valence-corrected chi connectivity index (χ3v) is 4.78. The second-order valence-electron chi connectivity index (χ2n) is 5.65. The van der Waals surface area contributed by atoms with Crippen LogP contribution in [0.3, 0.4) is 0 Å². The number of rotatable bonds is 7. The average molecular weight is 406 g/mol. The van der Waals surface area contributed by atoms with E-state index in [1.54, 1.807) is 12.1 Å². The minimum absolute atomic E-state index is 0.00943. The van der Waals surface area contributed by atoms with Crippen molar-refractivity contribution in [2.24, 2.45) is 0 Å². The van der Waals surface area contributed by atoms with Crippen LogP contribution in [0, 0.1) is 6.92 Å². The number of carbonyl (C=O) groups excluding carboxylic acids is 1. The molecule has 1 N–H and O–H groups in total. The first kappa shape index (κ1) is 19.0. The zero-order chi connectivity index (χ0) is 18.4. The largest absolute Gasteiger partial charge is 0.481 e. The number of hydrogen-bond acceptors (Lipinski definition) is 4. The van der Waals surface area contributed by atoms with Crippen LogP contribution in [-0.4, -0.2) is 30.7 Å². The van der Waals surface area contributed by atoms with Crippen molar-refractivity contribution in [3.05, 3.63) is 63.6 Å². The second-order valence-corrected chi connectivity index (χ2v) is 6.50. The minimum Gasteiger partial charge on any atom is -0.481 e. The Morgan fingerprint density at radius 1 is 1.20 bits per heavy atom. The maximum atomic E-state index is 12.0. The number of ether oxygens (including phenoxy) is 1. The molecule has 132 valence electrons. The van der Waals surface area contributed by atoms with Crippen molar-refractivity contribution in [2.45, 2.75) is 19.9 Å². The second kappa shape index (κ2) is 8.67. The van der Waals surface area contributed by atoms with Gasteiger partial charge in [0.05, 0.1) is 19.1 Å². The summed E-state index contributed by atoms with van der Waals surface area (Å²) >= 11 is 3.47. The number of carbonyl (C=O) groups is 2. The number of hydrogen-bond donors (Lipinski definition) is 1. The van der Waals surface area contributed by atoms with Crippen LogP contribution in [0.2, 0.25) is 0 Å². The predicted octanol–water partition coefficient (Wildman–Crippen LogP) is 4.03. The summed E-state index contributed by atoms with van der Waals surface area (Å²) in [5, 5.41) is 9.05. The van der Waals surface area contributed by atoms with Crippen molar-refractivity contribution >= 4 is 33.6 Å². The molecule has 2 aromatic carbocycles. The van der Waals surface area contributed by atoms with Crippen molar-refractivity contribution in [3.63, 3.8) is 0 Å². The van der Waals surface area contributed by atoms with E-state index >= 15 is 0 Å². The fourth-order valence-electron chi connectivity index (χ4n) is 2.53. The standard InChI is InChI=1S/C19H20BrNO4/c1-13-11-15(7-8-17(13)20)21(10-9-18(22)23)12-14-5-3-4-6-16(14)19(24)25-2/h3-8,11H,9-10,12H2,1-2H3,(H,22,23). The van der Waals surface area contributed by atoms with Gasteiger partial charge in [-0.2, -0.15) is 0 Å². The first-order valence-electron chi connectivity index (χ1n) is 7.81. The van der Waals surface area contributed by atoms with Crippen LogP contribution in [0.4, 0.5) is 5.69 Å². The Labute approximate surface area is 155 Å². The fourth-order valence-corrected chi connectivity index (χ4v) is 2.78. The van der Waals surface area contributed by atoms with Crippen LogP contribution >= 0.6 is 15.9 Å². The van der Waals surface area contributed by atoms with E-state index in [9.17, 15) is 9.59 Å². The van der Waals surface area contributed by atoms with Crippen LogP contribution in [0.15, 0.2) is 46.9 Å². The van der Waals surface area contributed by atoms with Gasteiger partial charge in [0, 0.05) is 23.2 Å². The lowest BCUT2D eigenvalue weighted by Gasteiger charge is -2.26. The molecule has 2 rings (SSSR count). The fraction of sp³-hybridized carbons (Fsp3) is 0.263. The maximum absolute atomic E-state index is 12.0. The lowest BCUT2D eigenvalue weighted by atomic mass is 10.1. The summed E-state index contributed by atoms with van der Waals surface area (Å²) < 4.78 is 5.83. The van der Waals surface area contributed by atoms with Gasteiger partial charge in [0.2, 0.25) is 0 Å². The topological polar surface area (TPSA) is 66.8 Å². The van der Waals surface area contributed by atoms with Crippen LogP contribution in [0.25, 0.3) is 0 Å². The van der Waals surface area contributed by atoms with Crippen LogP contribution in [-0.2, 0) is 16.1 Å². The first-order chi connectivity index (χ1) is 11.9. The molecule has 0 amide bonds. The summed E-state index contributed by atoms with van der Waals surface area (Å²) in [4.78, 5) is 25.0. The molecule has 0 saturated carbocycles. The van der Waals surface area contributed by atoms with Gasteiger partial charge in [-0.25, -0.2) is 4.79 Å². The van der Waals surface area contributed by atoms with Crippen LogP contribution in [0.1, 0.15) is 27.9 Å². The van der Waals surface area contributed by atoms with Gasteiger partial charge >= 0.3 is 11.9 Å². The number of nitrogens with zero attached hydrogens (tertiary/aromatic N) is 1. The molecular weight excluding hydrogens is 386 g/mol. The molecular formula is C19H20BrNO4. The number of aliphatic carboxylic acids is 1. The van der Waals surface area contributed by atoms with E-state index in [-0.39, 0.29) is 6.42 Å². The highest BCUT2D eigenvalue weighted by atomic mass is 79.9. The lowest BCUT2D eigenvalue weighted by molar-refractivity contribution is -0.136. The van der Waals surface area contributed by atoms with E-state index in [2.05, 4.69) is 15.9 Å². The molecule has 0 unspecified atom stereocenters. The molecule has 0 radical (unpaired) electrons. The van der Waals surface area contributed by atoms with E-state index < -0.39 is 11.9 Å². The zero-order valence-corrected chi connectivity index (χ0v) is 15.7. The third-order valence-electron chi connectivity index (χ3n) is 3.89. The summed E-state index contributed by atoms with van der Waals surface area (Å²) in [7, 11) is 1.35. The smallest absolute Gasteiger partial charge is 0.338 e. The van der Waals surface area contributed by atoms with Gasteiger partial charge in [-0.1, -0.05) is 34.1 Å². The Morgan fingerprint density at radius 2 is 1.92 bits per heavy atom. The quantitative estimate of drug-likeness (QED) is 0.704. The zero-order valence-electron chi connectivity index (χ0n) is 14.2. The Kier molecular flexibility index (Phi) is 6.58. The van der Waals surface area contributed by atoms with Gasteiger partial charge < -0.3 is 14.7 Å². The Bertz CT molecular complexity index is 776. The van der Waals surface area contributed by atoms with E-state index in [4.69, 9.17) is 9.84 Å². The highest BCUT2D eigenvalue weighted by Crippen LogP contribution is 2.25. The number of anilines is 1. The molecule has 0 aliphatic heterocycles. The minimum atomic E-state index is -0.861. The number of carboxylic acid groups (broad SMARTS) is 1. The molecule has 0 aliphatic rings. The Morgan fingerprint density at radius 3 is 2.56 bits per heavy atom. The van der Waals surface area contributed by atoms with E-state index in [0.29, 0.717) is 18.7 Å². The highest BCUT2D eigenvalue weighted by Gasteiger charge is 2.16. The summed E-state index contributed by atoms with van der Waals surface area (Å²) in [5.41, 5.74) is 3.24. The Balaban J connectivity index is 2.35. The molecule has 5 nitrogen and oxygen atoms in total. The summed E-state index contributed by atoms with van der Waals surface area (Å²) in [6, 6.07) is 13.1. The van der Waals surface area contributed by atoms with Crippen LogP contribution in [0.5, 0.6) is 0 Å². The van der Waals surface area contributed by atoms with Crippen molar-refractivity contribution in [1.82, 2.24) is 0 Å². The molecule has 0 aromatic heterocycles. The number of aryl methyl sites for hydroxylation is 1. The molecule has 0 saturated heterocycles. The van der Waals surface area contributed by atoms with Gasteiger partial charge in [-0.15, -0.1) is 0 Å². The number of esters is 1. The third kappa shape index (κ3) is 5.06. The maximum Gasteiger partial charge on any atom is 0.338 e. The molecule has 0 heterocycles. The highest BCUT2D eigenvalue weighted by molar-refractivity contribution is 9.10. The molecule has 0 spiro atoms. The van der Waals surface area contributed by atoms with Crippen LogP contribution < -0.4 is 4.90 Å². The molecule has 0 bridgehead atoms. The van der Waals surface area contributed by atoms with Gasteiger partial charge in [0.1, 0.15) is 0 Å². The average Bonchev–Trinajstić information content (AvgIpc) is 2.60. The summed E-state index contributed by atoms with van der Waals surface area (Å²) in [6.07, 6.45) is 0.00943. The normalized spacial score (nSPS) is 10.4. The SMILES string of the molecule is COC(=O)c1ccccc1CN(CCC(=O)O)c1ccc(Br)c(C)c1. The number of benzene rings is 2.